The van der Waals surface area contributed by atoms with Crippen LogP contribution < -0.4 is 20.7 Å². The van der Waals surface area contributed by atoms with Crippen LogP contribution in [0.1, 0.15) is 0 Å². The number of methoxy groups -OCH3 is 1. The quantitative estimate of drug-likeness (QED) is 0.493. The van der Waals surface area contributed by atoms with Gasteiger partial charge in [0.05, 0.1) is 16.6 Å². The lowest BCUT2D eigenvalue weighted by atomic mass is 10.3. The van der Waals surface area contributed by atoms with Crippen LogP contribution in [0.4, 0.5) is 10.2 Å². The number of nitrogens with zero attached hydrogens (tertiary/aromatic N) is 2. The zero-order chi connectivity index (χ0) is 14.7. The summed E-state index contributed by atoms with van der Waals surface area (Å²) in [7, 11) is 1.41. The van der Waals surface area contributed by atoms with Crippen molar-refractivity contribution < 1.29 is 13.9 Å². The number of hydrogen-bond acceptors (Lipinski definition) is 6. The Kier molecular flexibility index (Phi) is 4.58. The lowest BCUT2D eigenvalue weighted by molar-refractivity contribution is 0.367. The molecule has 0 amide bonds. The van der Waals surface area contributed by atoms with Gasteiger partial charge in [0.1, 0.15) is 17.9 Å². The van der Waals surface area contributed by atoms with Crippen LogP contribution in [-0.4, -0.2) is 17.1 Å². The van der Waals surface area contributed by atoms with Gasteiger partial charge >= 0.3 is 0 Å². The first-order valence-electron chi connectivity index (χ1n) is 5.24. The monoisotopic (exact) mass is 362 g/mol. The number of anilines is 1. The van der Waals surface area contributed by atoms with E-state index in [0.717, 1.165) is 6.07 Å². The first-order chi connectivity index (χ1) is 9.56. The van der Waals surface area contributed by atoms with E-state index in [1.54, 1.807) is 0 Å². The molecule has 3 N–H and O–H groups in total. The van der Waals surface area contributed by atoms with E-state index >= 15 is 0 Å². The van der Waals surface area contributed by atoms with E-state index in [-0.39, 0.29) is 28.2 Å². The number of rotatable bonds is 4. The summed E-state index contributed by atoms with van der Waals surface area (Å²) in [6, 6.07) is 2.51. The maximum atomic E-state index is 13.5. The minimum Gasteiger partial charge on any atom is -0.489 e. The third-order valence-corrected chi connectivity index (χ3v) is 3.20. The molecule has 0 saturated heterocycles. The van der Waals surface area contributed by atoms with Crippen molar-refractivity contribution in [2.45, 2.75) is 0 Å². The number of aromatic nitrogens is 2. The van der Waals surface area contributed by atoms with Gasteiger partial charge in [0.15, 0.2) is 5.82 Å². The SMILES string of the molecule is COc1c(NN)ncnc1Oc1cc(F)c(Cl)cc1Br. The Morgan fingerprint density at radius 1 is 1.40 bits per heavy atom. The summed E-state index contributed by atoms with van der Waals surface area (Å²) in [5.74, 6) is 5.38. The fourth-order valence-corrected chi connectivity index (χ4v) is 2.12. The molecule has 0 aliphatic heterocycles. The van der Waals surface area contributed by atoms with Crippen LogP contribution in [0.5, 0.6) is 17.4 Å². The largest absolute Gasteiger partial charge is 0.489 e. The summed E-state index contributed by atoms with van der Waals surface area (Å²) >= 11 is 8.88. The molecule has 1 heterocycles. The van der Waals surface area contributed by atoms with Gasteiger partial charge in [0.2, 0.25) is 5.75 Å². The molecule has 0 spiro atoms. The molecule has 0 aliphatic carbocycles. The van der Waals surface area contributed by atoms with E-state index in [2.05, 4.69) is 31.3 Å². The Bertz CT molecular complexity index is 644. The number of hydrazine groups is 1. The second kappa shape index (κ2) is 6.21. The molecule has 0 fully saturated rings. The molecule has 0 saturated carbocycles. The zero-order valence-electron chi connectivity index (χ0n) is 10.2. The topological polar surface area (TPSA) is 82.3 Å². The minimum absolute atomic E-state index is 0.0248. The predicted octanol–water partition coefficient (Wildman–Crippen LogP) is 3.12. The maximum absolute atomic E-state index is 13.5. The fraction of sp³-hybridized carbons (Fsp3) is 0.0909. The maximum Gasteiger partial charge on any atom is 0.268 e. The standard InChI is InChI=1S/C11H9BrClFN4O2/c1-19-9-10(18-15)16-4-17-11(9)20-8-3-7(14)6(13)2-5(8)12/h2-4H,15H2,1H3,(H,16,17,18). The van der Waals surface area contributed by atoms with Crippen molar-refractivity contribution in [2.24, 2.45) is 5.84 Å². The fourth-order valence-electron chi connectivity index (χ4n) is 1.40. The number of hydrogen-bond donors (Lipinski definition) is 2. The molecule has 2 aromatic rings. The van der Waals surface area contributed by atoms with Crippen LogP contribution in [0.3, 0.4) is 0 Å². The average molecular weight is 364 g/mol. The van der Waals surface area contributed by atoms with Crippen LogP contribution in [0.2, 0.25) is 5.02 Å². The normalized spacial score (nSPS) is 10.2. The van der Waals surface area contributed by atoms with E-state index < -0.39 is 5.82 Å². The van der Waals surface area contributed by atoms with Crippen molar-refractivity contribution >= 4 is 33.3 Å². The van der Waals surface area contributed by atoms with E-state index in [9.17, 15) is 4.39 Å². The van der Waals surface area contributed by atoms with Crippen molar-refractivity contribution in [2.75, 3.05) is 12.5 Å². The van der Waals surface area contributed by atoms with E-state index in [0.29, 0.717) is 4.47 Å². The Balaban J connectivity index is 2.42. The molecule has 0 atom stereocenters. The molecule has 0 bridgehead atoms. The molecular weight excluding hydrogens is 355 g/mol. The molecule has 106 valence electrons. The van der Waals surface area contributed by atoms with Gasteiger partial charge in [-0.3, -0.25) is 0 Å². The van der Waals surface area contributed by atoms with E-state index in [1.165, 1.54) is 19.5 Å². The molecule has 20 heavy (non-hydrogen) atoms. The molecule has 0 unspecified atom stereocenters. The molecule has 9 heteroatoms. The van der Waals surface area contributed by atoms with E-state index in [4.69, 9.17) is 26.9 Å². The molecular formula is C11H9BrClFN4O2. The Morgan fingerprint density at radius 3 is 2.80 bits per heavy atom. The molecule has 0 aliphatic rings. The van der Waals surface area contributed by atoms with Crippen molar-refractivity contribution in [1.29, 1.82) is 0 Å². The van der Waals surface area contributed by atoms with Crippen molar-refractivity contribution in [3.8, 4) is 17.4 Å². The van der Waals surface area contributed by atoms with Gasteiger partial charge in [-0.2, -0.15) is 4.98 Å². The zero-order valence-corrected chi connectivity index (χ0v) is 12.5. The first-order valence-corrected chi connectivity index (χ1v) is 6.42. The second-order valence-corrected chi connectivity index (χ2v) is 4.77. The van der Waals surface area contributed by atoms with Crippen molar-refractivity contribution in [3.63, 3.8) is 0 Å². The van der Waals surface area contributed by atoms with Crippen LogP contribution in [0, 0.1) is 5.82 Å². The Morgan fingerprint density at radius 2 is 2.15 bits per heavy atom. The lowest BCUT2D eigenvalue weighted by Crippen LogP contribution is -2.11. The summed E-state index contributed by atoms with van der Waals surface area (Å²) < 4.78 is 24.5. The van der Waals surface area contributed by atoms with Gasteiger partial charge in [-0.05, 0) is 22.0 Å². The molecule has 0 radical (unpaired) electrons. The number of nitrogen functional groups attached to an aromatic ring is 1. The predicted molar refractivity (Wildman–Crippen MR) is 75.6 cm³/mol. The van der Waals surface area contributed by atoms with Gasteiger partial charge in [-0.1, -0.05) is 11.6 Å². The summed E-state index contributed by atoms with van der Waals surface area (Å²) in [5.41, 5.74) is 2.34. The highest BCUT2D eigenvalue weighted by Crippen LogP contribution is 2.38. The summed E-state index contributed by atoms with van der Waals surface area (Å²) in [6.07, 6.45) is 1.23. The number of benzene rings is 1. The first kappa shape index (κ1) is 14.8. The highest BCUT2D eigenvalue weighted by atomic mass is 79.9. The van der Waals surface area contributed by atoms with Crippen LogP contribution in [-0.2, 0) is 0 Å². The van der Waals surface area contributed by atoms with Crippen LogP contribution >= 0.6 is 27.5 Å². The van der Waals surface area contributed by atoms with Gasteiger partial charge in [-0.15, -0.1) is 0 Å². The van der Waals surface area contributed by atoms with Gasteiger partial charge in [-0.25, -0.2) is 15.2 Å². The molecule has 1 aromatic carbocycles. The van der Waals surface area contributed by atoms with Gasteiger partial charge < -0.3 is 14.9 Å². The van der Waals surface area contributed by atoms with E-state index in [1.807, 2.05) is 0 Å². The van der Waals surface area contributed by atoms with Crippen LogP contribution in [0.25, 0.3) is 0 Å². The molecule has 2 rings (SSSR count). The highest BCUT2D eigenvalue weighted by Gasteiger charge is 2.16. The third kappa shape index (κ3) is 2.92. The summed E-state index contributed by atoms with van der Waals surface area (Å²) in [4.78, 5) is 7.78. The number of nitrogens with two attached hydrogens (primary N) is 1. The second-order valence-electron chi connectivity index (χ2n) is 3.50. The molecule has 6 nitrogen and oxygen atoms in total. The average Bonchev–Trinajstić information content (AvgIpc) is 2.44. The number of nitrogens with one attached hydrogen (secondary N) is 1. The van der Waals surface area contributed by atoms with Gasteiger partial charge in [0.25, 0.3) is 5.88 Å². The Hall–Kier alpha value is -1.64. The summed E-state index contributed by atoms with van der Waals surface area (Å²) in [6.45, 7) is 0. The summed E-state index contributed by atoms with van der Waals surface area (Å²) in [5, 5.41) is -0.0248. The number of halogens is 3. The third-order valence-electron chi connectivity index (χ3n) is 2.29. The lowest BCUT2D eigenvalue weighted by Gasteiger charge is -2.12. The highest BCUT2D eigenvalue weighted by molar-refractivity contribution is 9.10. The smallest absolute Gasteiger partial charge is 0.268 e. The number of ether oxygens (including phenoxy) is 2. The minimum atomic E-state index is -0.616. The van der Waals surface area contributed by atoms with Crippen molar-refractivity contribution in [1.82, 2.24) is 9.97 Å². The van der Waals surface area contributed by atoms with Crippen molar-refractivity contribution in [3.05, 3.63) is 33.8 Å². The molecule has 1 aromatic heterocycles. The van der Waals surface area contributed by atoms with Crippen LogP contribution in [0.15, 0.2) is 22.9 Å². The van der Waals surface area contributed by atoms with Gasteiger partial charge in [0, 0.05) is 6.07 Å². The Labute approximate surface area is 127 Å².